The number of nitrogens with zero attached hydrogens (tertiary/aromatic N) is 2. The molecule has 1 N–H and O–H groups in total. The fraction of sp³-hybridized carbons (Fsp3) is 0.667. The Balaban J connectivity index is 0.000000339. The number of rotatable bonds is 4. The summed E-state index contributed by atoms with van der Waals surface area (Å²) < 4.78 is 44.0. The number of carboxylic acid groups (broad SMARTS) is 1. The highest BCUT2D eigenvalue weighted by Crippen LogP contribution is 2.36. The van der Waals surface area contributed by atoms with E-state index in [0.717, 1.165) is 32.0 Å². The molecule has 31 heavy (non-hydrogen) atoms. The van der Waals surface area contributed by atoms with Crippen LogP contribution < -0.4 is 0 Å². The molecular formula is C21H27F3N2O5. The van der Waals surface area contributed by atoms with Gasteiger partial charge in [0.1, 0.15) is 5.60 Å². The van der Waals surface area contributed by atoms with Crippen LogP contribution in [0.5, 0.6) is 0 Å². The Bertz CT molecular complexity index is 747. The minimum absolute atomic E-state index is 0.0700. The van der Waals surface area contributed by atoms with E-state index in [0.29, 0.717) is 18.7 Å². The Morgan fingerprint density at radius 1 is 1.19 bits per heavy atom. The summed E-state index contributed by atoms with van der Waals surface area (Å²) in [4.78, 5) is 27.2. The molecule has 172 valence electrons. The summed E-state index contributed by atoms with van der Waals surface area (Å²) in [6.45, 7) is 3.00. The number of ether oxygens (including phenoxy) is 2. The number of halogens is 3. The van der Waals surface area contributed by atoms with Crippen LogP contribution in [0, 0.1) is 5.92 Å². The average molecular weight is 444 g/mol. The van der Waals surface area contributed by atoms with Gasteiger partial charge < -0.3 is 19.5 Å². The Kier molecular flexibility index (Phi) is 7.53. The van der Waals surface area contributed by atoms with E-state index in [4.69, 9.17) is 19.4 Å². The van der Waals surface area contributed by atoms with Gasteiger partial charge in [-0.15, -0.1) is 0 Å². The summed E-state index contributed by atoms with van der Waals surface area (Å²) in [7, 11) is 0. The largest absolute Gasteiger partial charge is 0.490 e. The first-order valence-corrected chi connectivity index (χ1v) is 10.4. The van der Waals surface area contributed by atoms with Crippen LogP contribution in [-0.4, -0.2) is 71.1 Å². The minimum Gasteiger partial charge on any atom is -0.475 e. The number of likely N-dealkylation sites (tertiary alicyclic amines) is 1. The van der Waals surface area contributed by atoms with Gasteiger partial charge in [0.05, 0.1) is 19.2 Å². The van der Waals surface area contributed by atoms with E-state index in [1.807, 2.05) is 4.90 Å². The molecule has 1 aromatic heterocycles. The standard InChI is InChI=1S/C19H26N2O3.C2HF3O2/c22-18(16-5-8-20-9-6-16)21-13-19(14-21)11-17(7-10-24-19)23-12-15-3-1-2-4-15;3-2(4,5)1(6)7/h5-6,8-9,15,17H,1-4,7,10-14H2;(H,6,7). The second kappa shape index (κ2) is 9.95. The average Bonchev–Trinajstić information content (AvgIpc) is 3.24. The number of amides is 1. The molecule has 0 aromatic carbocycles. The number of carboxylic acids is 1. The molecule has 4 rings (SSSR count). The number of pyridine rings is 1. The highest BCUT2D eigenvalue weighted by molar-refractivity contribution is 5.94. The third kappa shape index (κ3) is 6.39. The van der Waals surface area contributed by atoms with Crippen LogP contribution in [0.25, 0.3) is 0 Å². The lowest BCUT2D eigenvalue weighted by atomic mass is 9.84. The lowest BCUT2D eigenvalue weighted by Gasteiger charge is -2.53. The minimum atomic E-state index is -5.08. The molecule has 1 saturated carbocycles. The predicted molar refractivity (Wildman–Crippen MR) is 103 cm³/mol. The summed E-state index contributed by atoms with van der Waals surface area (Å²) >= 11 is 0. The SMILES string of the molecule is O=C(O)C(F)(F)F.O=C(c1ccncc1)N1CC2(CC(OCC3CCCC3)CCO2)C1. The molecule has 10 heteroatoms. The van der Waals surface area contributed by atoms with Crippen molar-refractivity contribution in [2.75, 3.05) is 26.3 Å². The van der Waals surface area contributed by atoms with Gasteiger partial charge in [-0.25, -0.2) is 4.79 Å². The van der Waals surface area contributed by atoms with Gasteiger partial charge in [0.25, 0.3) is 5.91 Å². The predicted octanol–water partition coefficient (Wildman–Crippen LogP) is 3.30. The number of hydrogen-bond acceptors (Lipinski definition) is 5. The monoisotopic (exact) mass is 444 g/mol. The van der Waals surface area contributed by atoms with Crippen LogP contribution in [0.4, 0.5) is 13.2 Å². The molecule has 3 aliphatic rings. The van der Waals surface area contributed by atoms with Crippen molar-refractivity contribution in [3.63, 3.8) is 0 Å². The quantitative estimate of drug-likeness (QED) is 0.767. The van der Waals surface area contributed by atoms with Gasteiger partial charge in [-0.05, 0) is 37.3 Å². The molecule has 1 spiro atoms. The molecule has 1 aromatic rings. The van der Waals surface area contributed by atoms with Crippen molar-refractivity contribution in [3.8, 4) is 0 Å². The highest BCUT2D eigenvalue weighted by Gasteiger charge is 2.49. The van der Waals surface area contributed by atoms with Crippen molar-refractivity contribution in [1.82, 2.24) is 9.88 Å². The third-order valence-corrected chi connectivity index (χ3v) is 5.91. The number of hydrogen-bond donors (Lipinski definition) is 1. The molecule has 1 aliphatic carbocycles. The van der Waals surface area contributed by atoms with Crippen LogP contribution in [0.2, 0.25) is 0 Å². The smallest absolute Gasteiger partial charge is 0.475 e. The zero-order valence-corrected chi connectivity index (χ0v) is 17.1. The van der Waals surface area contributed by atoms with Gasteiger partial charge in [0, 0.05) is 37.6 Å². The molecular weight excluding hydrogens is 417 g/mol. The van der Waals surface area contributed by atoms with Crippen molar-refractivity contribution >= 4 is 11.9 Å². The van der Waals surface area contributed by atoms with Crippen LogP contribution in [-0.2, 0) is 14.3 Å². The maximum atomic E-state index is 12.4. The van der Waals surface area contributed by atoms with Gasteiger partial charge in [-0.2, -0.15) is 13.2 Å². The molecule has 0 radical (unpaired) electrons. The molecule has 1 amide bonds. The summed E-state index contributed by atoms with van der Waals surface area (Å²) in [6.07, 6.45) is 5.78. The number of aliphatic carboxylic acids is 1. The Labute approximate surface area is 178 Å². The summed E-state index contributed by atoms with van der Waals surface area (Å²) in [6, 6.07) is 3.53. The van der Waals surface area contributed by atoms with Crippen molar-refractivity contribution in [2.24, 2.45) is 5.92 Å². The third-order valence-electron chi connectivity index (χ3n) is 5.91. The van der Waals surface area contributed by atoms with E-state index in [-0.39, 0.29) is 17.6 Å². The summed E-state index contributed by atoms with van der Waals surface area (Å²) in [5, 5.41) is 7.12. The van der Waals surface area contributed by atoms with Crippen LogP contribution in [0.1, 0.15) is 48.9 Å². The molecule has 3 fully saturated rings. The van der Waals surface area contributed by atoms with E-state index in [9.17, 15) is 18.0 Å². The highest BCUT2D eigenvalue weighted by atomic mass is 19.4. The number of carbonyl (C=O) groups is 2. The van der Waals surface area contributed by atoms with E-state index < -0.39 is 12.1 Å². The maximum Gasteiger partial charge on any atom is 0.490 e. The molecule has 2 saturated heterocycles. The Hall–Kier alpha value is -2.20. The van der Waals surface area contributed by atoms with Crippen molar-refractivity contribution in [2.45, 2.75) is 56.4 Å². The number of carbonyl (C=O) groups excluding carboxylic acids is 1. The van der Waals surface area contributed by atoms with E-state index >= 15 is 0 Å². The molecule has 3 heterocycles. The molecule has 0 bridgehead atoms. The Morgan fingerprint density at radius 2 is 1.81 bits per heavy atom. The first-order valence-electron chi connectivity index (χ1n) is 10.4. The second-order valence-electron chi connectivity index (χ2n) is 8.33. The molecule has 1 unspecified atom stereocenters. The lowest BCUT2D eigenvalue weighted by Crippen LogP contribution is -2.67. The van der Waals surface area contributed by atoms with Crippen molar-refractivity contribution in [3.05, 3.63) is 30.1 Å². The van der Waals surface area contributed by atoms with Gasteiger partial charge in [0.2, 0.25) is 0 Å². The zero-order chi connectivity index (χ0) is 22.5. The van der Waals surface area contributed by atoms with E-state index in [2.05, 4.69) is 4.98 Å². The number of aromatic nitrogens is 1. The summed E-state index contributed by atoms with van der Waals surface area (Å²) in [5.41, 5.74) is 0.520. The normalized spacial score (nSPS) is 23.1. The summed E-state index contributed by atoms with van der Waals surface area (Å²) in [5.74, 6) is -1.93. The zero-order valence-electron chi connectivity index (χ0n) is 17.1. The van der Waals surface area contributed by atoms with Gasteiger partial charge in [0.15, 0.2) is 0 Å². The van der Waals surface area contributed by atoms with E-state index in [1.165, 1.54) is 25.7 Å². The first kappa shape index (κ1) is 23.5. The van der Waals surface area contributed by atoms with Crippen LogP contribution in [0.15, 0.2) is 24.5 Å². The maximum absolute atomic E-state index is 12.4. The molecule has 1 atom stereocenters. The van der Waals surface area contributed by atoms with Gasteiger partial charge in [-0.1, -0.05) is 12.8 Å². The van der Waals surface area contributed by atoms with E-state index in [1.54, 1.807) is 24.5 Å². The van der Waals surface area contributed by atoms with Crippen LogP contribution >= 0.6 is 0 Å². The van der Waals surface area contributed by atoms with Gasteiger partial charge in [-0.3, -0.25) is 9.78 Å². The fourth-order valence-electron chi connectivity index (χ4n) is 4.26. The van der Waals surface area contributed by atoms with Crippen LogP contribution in [0.3, 0.4) is 0 Å². The second-order valence-corrected chi connectivity index (χ2v) is 8.33. The fourth-order valence-corrected chi connectivity index (χ4v) is 4.26. The van der Waals surface area contributed by atoms with Gasteiger partial charge >= 0.3 is 12.1 Å². The number of alkyl halides is 3. The first-order chi connectivity index (χ1) is 14.7. The lowest BCUT2D eigenvalue weighted by molar-refractivity contribution is -0.192. The van der Waals surface area contributed by atoms with Crippen molar-refractivity contribution in [1.29, 1.82) is 0 Å². The van der Waals surface area contributed by atoms with Crippen molar-refractivity contribution < 1.29 is 37.3 Å². The molecule has 2 aliphatic heterocycles. The topological polar surface area (TPSA) is 89.0 Å². The Morgan fingerprint density at radius 3 is 2.39 bits per heavy atom. The molecule has 7 nitrogen and oxygen atoms in total.